The summed E-state index contributed by atoms with van der Waals surface area (Å²) in [5.74, 6) is -1.65. The molecule has 10 atom stereocenters. The van der Waals surface area contributed by atoms with Gasteiger partial charge < -0.3 is 55.3 Å². The highest BCUT2D eigenvalue weighted by Gasteiger charge is 2.46. The molecule has 0 saturated carbocycles. The second kappa shape index (κ2) is 39.7. The Balaban J connectivity index is 1.88. The first-order valence-corrected chi connectivity index (χ1v) is 29.6. The number of esters is 2. The third-order valence-corrected chi connectivity index (χ3v) is 14.5. The highest BCUT2D eigenvalue weighted by molar-refractivity contribution is 7.61. The molecule has 2 rings (SSSR count). The Morgan fingerprint density at radius 1 is 0.720 bits per heavy atom. The minimum atomic E-state index is -5.52. The molecule has 2 heterocycles. The number of ether oxygens (including phenoxy) is 3. The molecule has 1 saturated heterocycles. The molecule has 23 heteroatoms. The number of rotatable bonds is 43. The number of hydrogen-bond donors (Lipinski definition) is 8. The molecule has 1 fully saturated rings. The molecule has 1 aliphatic rings. The maximum atomic E-state index is 12.9. The number of carbonyl (C=O) groups excluding carboxylic acids is 2. The number of nitrogens with two attached hydrogens (primary N) is 1. The van der Waals surface area contributed by atoms with Crippen molar-refractivity contribution in [1.29, 1.82) is 0 Å². The summed E-state index contributed by atoms with van der Waals surface area (Å²) in [7, 11) is -11.0. The van der Waals surface area contributed by atoms with Gasteiger partial charge in [0.2, 0.25) is 0 Å². The van der Waals surface area contributed by atoms with E-state index in [9.17, 15) is 58.8 Å². The first-order chi connectivity index (χ1) is 35.9. The van der Waals surface area contributed by atoms with Crippen molar-refractivity contribution in [3.63, 3.8) is 0 Å². The molecule has 2 unspecified atom stereocenters. The lowest BCUT2D eigenvalue weighted by molar-refractivity contribution is -0.161. The van der Waals surface area contributed by atoms with Gasteiger partial charge in [-0.2, -0.15) is 9.29 Å². The average molecular weight is 1100 g/mol. The second-order valence-electron chi connectivity index (χ2n) is 18.6. The first kappa shape index (κ1) is 67.4. The van der Waals surface area contributed by atoms with E-state index in [-0.39, 0.29) is 31.5 Å². The fourth-order valence-corrected chi connectivity index (χ4v) is 9.74. The van der Waals surface area contributed by atoms with Gasteiger partial charge in [-0.1, -0.05) is 158 Å². The highest BCUT2D eigenvalue weighted by Crippen LogP contribution is 2.60. The molecule has 1 aliphatic heterocycles. The quantitative estimate of drug-likeness (QED) is 0.0101. The molecule has 0 bridgehead atoms. The van der Waals surface area contributed by atoms with E-state index in [1.54, 1.807) is 36.5 Å². The number of allylic oxidation sites excluding steroid dienone is 8. The molecular weight excluding hydrogens is 1020 g/mol. The smallest absolute Gasteiger partial charge is 0.462 e. The maximum Gasteiger partial charge on any atom is 0.481 e. The largest absolute Gasteiger partial charge is 0.481 e. The van der Waals surface area contributed by atoms with E-state index in [4.69, 9.17) is 29.0 Å². The predicted molar refractivity (Wildman–Crippen MR) is 284 cm³/mol. The molecule has 9 N–H and O–H groups in total. The number of carbonyl (C=O) groups is 2. The third kappa shape index (κ3) is 32.0. The lowest BCUT2D eigenvalue weighted by Crippen LogP contribution is -2.36. The van der Waals surface area contributed by atoms with Crippen LogP contribution in [0.5, 0.6) is 0 Å². The van der Waals surface area contributed by atoms with Gasteiger partial charge in [0.1, 0.15) is 30.7 Å². The summed E-state index contributed by atoms with van der Waals surface area (Å²) in [4.78, 5) is 62.0. The average Bonchev–Trinajstić information content (AvgIpc) is 3.64. The van der Waals surface area contributed by atoms with Crippen molar-refractivity contribution in [2.75, 3.05) is 25.6 Å². The fourth-order valence-electron chi connectivity index (χ4n) is 7.63. The number of anilines is 1. The Morgan fingerprint density at radius 3 is 1.92 bits per heavy atom. The van der Waals surface area contributed by atoms with Crippen LogP contribution in [0.3, 0.4) is 0 Å². The van der Waals surface area contributed by atoms with Crippen LogP contribution in [0.15, 0.2) is 77.8 Å². The van der Waals surface area contributed by atoms with E-state index >= 15 is 0 Å². The summed E-state index contributed by atoms with van der Waals surface area (Å²) in [5, 5.41) is 51.7. The zero-order chi connectivity index (χ0) is 55.3. The molecule has 1 aromatic rings. The van der Waals surface area contributed by atoms with Gasteiger partial charge in [-0.05, 0) is 57.4 Å². The van der Waals surface area contributed by atoms with Crippen LogP contribution in [0.2, 0.25) is 0 Å². The Hall–Kier alpha value is -3.66. The van der Waals surface area contributed by atoms with Crippen molar-refractivity contribution < 1.29 is 81.6 Å². The van der Waals surface area contributed by atoms with Crippen LogP contribution >= 0.6 is 15.6 Å². The maximum absolute atomic E-state index is 12.9. The van der Waals surface area contributed by atoms with Gasteiger partial charge in [-0.3, -0.25) is 23.2 Å². The summed E-state index contributed by atoms with van der Waals surface area (Å²) in [6.45, 7) is 1.72. The number of aliphatic hydroxyl groups is 5. The van der Waals surface area contributed by atoms with Gasteiger partial charge in [-0.25, -0.2) is 13.9 Å². The normalized spacial score (nSPS) is 20.5. The van der Waals surface area contributed by atoms with Crippen molar-refractivity contribution >= 4 is 33.4 Å². The lowest BCUT2D eigenvalue weighted by Gasteiger charge is -2.21. The van der Waals surface area contributed by atoms with Gasteiger partial charge in [-0.15, -0.1) is 0 Å². The molecular formula is C52H87N3O18P2. The standard InChI is InChI=1S/C52H87N3O18P2/c1-3-5-7-8-9-10-11-12-13-14-15-16-17-18-19-24-28-34-47(59)68-38-42(71-48(60)35-29-33-44(58)43(57)32-27-23-21-20-22-26-31-41(56)30-25-6-4-2)39-69-74(64,65)73-75(66,67)70-40-45-49(61)50(62)51(72-45)55-37-36-46(53)54-52(55)63/h12-13,20-23,26-27,31-32,36-37,41-45,49-51,56-58,61-62H,3-11,14-19,24-25,28-30,33-35,38-40H2,1-2H3,(H,64,65)(H,66,67)(H2,53,54,63)/b13-12-,22-20-,23-21+,31-26+,32-27+/t41-,42+,43-,44-,45+,49+,50+,51+/m0/s1. The number of aliphatic hydroxyl groups excluding tert-OH is 5. The Morgan fingerprint density at radius 2 is 1.28 bits per heavy atom. The van der Waals surface area contributed by atoms with Crippen LogP contribution in [-0.4, -0.2) is 119 Å². The van der Waals surface area contributed by atoms with Crippen LogP contribution in [0.25, 0.3) is 0 Å². The molecule has 75 heavy (non-hydrogen) atoms. The molecule has 0 aromatic carbocycles. The molecule has 0 aliphatic carbocycles. The SMILES string of the molecule is CCCCCCCC/C=C\CCCCCCCCCC(=O)OC[C@H](COP(=O)(O)OP(=O)(O)OC[C@H]1O[C@@H](n2ccc(N)nc2=O)[C@H](O)[C@@H]1O)OC(=O)CCC[C@H](O)[C@@H](O)/C=C/C=C/C=C\C=C\[C@@H](O)CCCCC. The van der Waals surface area contributed by atoms with E-state index in [1.165, 1.54) is 56.7 Å². The topological polar surface area (TPSA) is 326 Å². The Bertz CT molecular complexity index is 2050. The summed E-state index contributed by atoms with van der Waals surface area (Å²) >= 11 is 0. The fraction of sp³-hybridized carbons (Fsp3) is 0.692. The first-order valence-electron chi connectivity index (χ1n) is 26.6. The van der Waals surface area contributed by atoms with E-state index in [0.29, 0.717) is 12.8 Å². The molecule has 21 nitrogen and oxygen atoms in total. The van der Waals surface area contributed by atoms with Crippen molar-refractivity contribution in [3.05, 3.63) is 83.5 Å². The zero-order valence-electron chi connectivity index (χ0n) is 43.9. The third-order valence-electron chi connectivity index (χ3n) is 11.9. The van der Waals surface area contributed by atoms with Crippen LogP contribution < -0.4 is 11.4 Å². The van der Waals surface area contributed by atoms with Crippen LogP contribution in [-0.2, 0) is 46.3 Å². The van der Waals surface area contributed by atoms with Crippen molar-refractivity contribution in [2.24, 2.45) is 0 Å². The number of hydrogen-bond acceptors (Lipinski definition) is 18. The minimum absolute atomic E-state index is 0.0290. The van der Waals surface area contributed by atoms with Crippen molar-refractivity contribution in [2.45, 2.75) is 210 Å². The number of nitrogen functional groups attached to an aromatic ring is 1. The van der Waals surface area contributed by atoms with E-state index < -0.39 is 102 Å². The predicted octanol–water partition coefficient (Wildman–Crippen LogP) is 8.03. The number of nitrogens with zero attached hydrogens (tertiary/aromatic N) is 2. The van der Waals surface area contributed by atoms with Crippen LogP contribution in [0.1, 0.15) is 168 Å². The highest BCUT2D eigenvalue weighted by atomic mass is 31.3. The number of phosphoric ester groups is 2. The zero-order valence-corrected chi connectivity index (χ0v) is 45.7. The second-order valence-corrected chi connectivity index (χ2v) is 21.6. The van der Waals surface area contributed by atoms with Crippen LogP contribution in [0.4, 0.5) is 5.82 Å². The van der Waals surface area contributed by atoms with Gasteiger partial charge in [0.05, 0.1) is 31.5 Å². The number of unbranched alkanes of at least 4 members (excludes halogenated alkanes) is 15. The van der Waals surface area contributed by atoms with Gasteiger partial charge in [0.25, 0.3) is 0 Å². The van der Waals surface area contributed by atoms with Crippen molar-refractivity contribution in [1.82, 2.24) is 9.55 Å². The summed E-state index contributed by atoms with van der Waals surface area (Å²) in [6.07, 6.45) is 27.9. The Labute approximate surface area is 442 Å². The summed E-state index contributed by atoms with van der Waals surface area (Å²) < 4.78 is 56.5. The van der Waals surface area contributed by atoms with E-state index in [2.05, 4.69) is 35.3 Å². The van der Waals surface area contributed by atoms with Crippen molar-refractivity contribution in [3.8, 4) is 0 Å². The molecule has 0 amide bonds. The van der Waals surface area contributed by atoms with Crippen LogP contribution in [0, 0.1) is 0 Å². The monoisotopic (exact) mass is 1100 g/mol. The molecule has 428 valence electrons. The Kier molecular flexibility index (Phi) is 35.7. The summed E-state index contributed by atoms with van der Waals surface area (Å²) in [5.41, 5.74) is 4.55. The van der Waals surface area contributed by atoms with Gasteiger partial charge >= 0.3 is 33.3 Å². The molecule has 0 radical (unpaired) electrons. The molecule has 1 aromatic heterocycles. The number of phosphoric acid groups is 2. The lowest BCUT2D eigenvalue weighted by atomic mass is 10.1. The molecule has 0 spiro atoms. The van der Waals surface area contributed by atoms with Gasteiger partial charge in [0.15, 0.2) is 12.3 Å². The van der Waals surface area contributed by atoms with E-state index in [0.717, 1.165) is 81.4 Å². The number of aromatic nitrogens is 2. The van der Waals surface area contributed by atoms with E-state index in [1.807, 2.05) is 0 Å². The minimum Gasteiger partial charge on any atom is -0.462 e. The summed E-state index contributed by atoms with van der Waals surface area (Å²) in [6, 6.07) is 1.22. The van der Waals surface area contributed by atoms with Gasteiger partial charge in [0, 0.05) is 19.0 Å².